The molecule has 13 heavy (non-hydrogen) atoms. The zero-order valence-electron chi connectivity index (χ0n) is 8.47. The Bertz CT molecular complexity index is 151. The minimum atomic E-state index is -0.143. The highest BCUT2D eigenvalue weighted by atomic mass is 127. The third-order valence-electron chi connectivity index (χ3n) is 1.58. The number of esters is 1. The molecule has 3 nitrogen and oxygen atoms in total. The number of rotatable bonds is 6. The number of carbonyl (C=O) groups excluding carboxylic acids is 1. The summed E-state index contributed by atoms with van der Waals surface area (Å²) in [4.78, 5) is 11.4. The normalized spacial score (nSPS) is 13.0. The summed E-state index contributed by atoms with van der Waals surface area (Å²) in [5.74, 6) is 0.272. The number of halogens is 1. The second kappa shape index (κ2) is 7.55. The van der Waals surface area contributed by atoms with Gasteiger partial charge in [-0.05, 0) is 12.3 Å². The molecule has 0 aliphatic rings. The lowest BCUT2D eigenvalue weighted by atomic mass is 10.2. The molecular weight excluding hydrogens is 281 g/mol. The average Bonchev–Trinajstić information content (AvgIpc) is 2.10. The van der Waals surface area contributed by atoms with Crippen LogP contribution in [0.2, 0.25) is 0 Å². The van der Waals surface area contributed by atoms with Crippen molar-refractivity contribution in [2.24, 2.45) is 5.92 Å². The number of hydrogen-bond donors (Lipinski definition) is 1. The van der Waals surface area contributed by atoms with Crippen LogP contribution in [0.3, 0.4) is 0 Å². The Labute approximate surface area is 93.7 Å². The Morgan fingerprint density at radius 2 is 2.15 bits per heavy atom. The molecule has 0 saturated heterocycles. The fourth-order valence-corrected chi connectivity index (χ4v) is 1.37. The molecule has 0 saturated carbocycles. The zero-order valence-corrected chi connectivity index (χ0v) is 10.6. The lowest BCUT2D eigenvalue weighted by Gasteiger charge is -2.15. The molecule has 0 aromatic heterocycles. The first-order valence-corrected chi connectivity index (χ1v) is 6.10. The minimum absolute atomic E-state index is 0.132. The van der Waals surface area contributed by atoms with Crippen LogP contribution in [0.4, 0.5) is 0 Å². The van der Waals surface area contributed by atoms with Crippen molar-refractivity contribution in [1.82, 2.24) is 5.32 Å². The van der Waals surface area contributed by atoms with Gasteiger partial charge in [0.05, 0.1) is 6.61 Å². The van der Waals surface area contributed by atoms with Crippen LogP contribution in [0.25, 0.3) is 0 Å². The highest BCUT2D eigenvalue weighted by molar-refractivity contribution is 14.1. The predicted molar refractivity (Wildman–Crippen MR) is 61.9 cm³/mol. The van der Waals surface area contributed by atoms with E-state index in [1.807, 2.05) is 20.8 Å². The Balaban J connectivity index is 3.77. The van der Waals surface area contributed by atoms with Crippen molar-refractivity contribution >= 4 is 28.6 Å². The molecule has 0 bridgehead atoms. The van der Waals surface area contributed by atoms with E-state index in [-0.39, 0.29) is 12.0 Å². The standard InChI is InChI=1S/C9H18INO2/c1-4-8(11-6-10)9(12)13-5-7(2)3/h7-8,11H,4-6H2,1-3H3. The van der Waals surface area contributed by atoms with E-state index in [9.17, 15) is 4.79 Å². The van der Waals surface area contributed by atoms with E-state index in [1.54, 1.807) is 0 Å². The predicted octanol–water partition coefficient (Wildman–Crippen LogP) is 1.95. The van der Waals surface area contributed by atoms with Crippen LogP contribution in [-0.4, -0.2) is 23.2 Å². The second-order valence-corrected chi connectivity index (χ2v) is 4.09. The molecule has 0 rings (SSSR count). The Hall–Kier alpha value is 0.160. The number of nitrogens with one attached hydrogen (secondary N) is 1. The quantitative estimate of drug-likeness (QED) is 0.352. The maximum Gasteiger partial charge on any atom is 0.323 e. The van der Waals surface area contributed by atoms with Crippen molar-refractivity contribution in [2.45, 2.75) is 33.2 Å². The van der Waals surface area contributed by atoms with Crippen LogP contribution in [0.1, 0.15) is 27.2 Å². The van der Waals surface area contributed by atoms with Gasteiger partial charge in [-0.1, -0.05) is 43.4 Å². The Morgan fingerprint density at radius 3 is 2.54 bits per heavy atom. The fourth-order valence-electron chi connectivity index (χ4n) is 0.837. The number of alkyl halides is 1. The van der Waals surface area contributed by atoms with E-state index in [2.05, 4.69) is 27.9 Å². The van der Waals surface area contributed by atoms with E-state index in [4.69, 9.17) is 4.74 Å². The highest BCUT2D eigenvalue weighted by Gasteiger charge is 2.16. The lowest BCUT2D eigenvalue weighted by Crippen LogP contribution is -2.37. The molecule has 0 aromatic carbocycles. The molecule has 1 N–H and O–H groups in total. The van der Waals surface area contributed by atoms with Crippen molar-refractivity contribution in [3.63, 3.8) is 0 Å². The van der Waals surface area contributed by atoms with Gasteiger partial charge in [0.15, 0.2) is 0 Å². The van der Waals surface area contributed by atoms with Crippen molar-refractivity contribution in [2.75, 3.05) is 11.2 Å². The monoisotopic (exact) mass is 299 g/mol. The maximum absolute atomic E-state index is 11.4. The summed E-state index contributed by atoms with van der Waals surface area (Å²) in [6, 6.07) is -0.143. The van der Waals surface area contributed by atoms with Gasteiger partial charge < -0.3 is 4.74 Å². The molecule has 0 fully saturated rings. The summed E-state index contributed by atoms with van der Waals surface area (Å²) in [5.41, 5.74) is 0. The van der Waals surface area contributed by atoms with Gasteiger partial charge in [0.25, 0.3) is 0 Å². The van der Waals surface area contributed by atoms with Crippen molar-refractivity contribution in [3.05, 3.63) is 0 Å². The van der Waals surface area contributed by atoms with E-state index in [1.165, 1.54) is 0 Å². The fraction of sp³-hybridized carbons (Fsp3) is 0.889. The molecule has 0 aliphatic carbocycles. The van der Waals surface area contributed by atoms with Crippen molar-refractivity contribution in [3.8, 4) is 0 Å². The molecule has 0 radical (unpaired) electrons. The highest BCUT2D eigenvalue weighted by Crippen LogP contribution is 1.99. The minimum Gasteiger partial charge on any atom is -0.464 e. The first-order chi connectivity index (χ1) is 6.11. The van der Waals surface area contributed by atoms with E-state index in [0.717, 1.165) is 11.0 Å². The van der Waals surface area contributed by atoms with Gasteiger partial charge in [0.1, 0.15) is 6.04 Å². The van der Waals surface area contributed by atoms with Crippen LogP contribution in [0.5, 0.6) is 0 Å². The SMILES string of the molecule is CCC(NCI)C(=O)OCC(C)C. The summed E-state index contributed by atoms with van der Waals surface area (Å²) in [6.07, 6.45) is 0.778. The molecular formula is C9H18INO2. The molecule has 1 atom stereocenters. The van der Waals surface area contributed by atoms with Crippen LogP contribution >= 0.6 is 22.6 Å². The van der Waals surface area contributed by atoms with Crippen LogP contribution in [-0.2, 0) is 9.53 Å². The Kier molecular flexibility index (Phi) is 7.65. The van der Waals surface area contributed by atoms with Gasteiger partial charge in [-0.25, -0.2) is 0 Å². The number of hydrogen-bond acceptors (Lipinski definition) is 3. The first kappa shape index (κ1) is 13.2. The third kappa shape index (κ3) is 6.26. The summed E-state index contributed by atoms with van der Waals surface area (Å²) < 4.78 is 5.88. The van der Waals surface area contributed by atoms with E-state index in [0.29, 0.717) is 12.5 Å². The topological polar surface area (TPSA) is 38.3 Å². The summed E-state index contributed by atoms with van der Waals surface area (Å²) in [5, 5.41) is 3.07. The van der Waals surface area contributed by atoms with Crippen LogP contribution < -0.4 is 5.32 Å². The molecule has 4 heteroatoms. The molecule has 78 valence electrons. The number of carbonyl (C=O) groups is 1. The summed E-state index contributed by atoms with van der Waals surface area (Å²) >= 11 is 2.18. The molecule has 1 unspecified atom stereocenters. The smallest absolute Gasteiger partial charge is 0.323 e. The second-order valence-electron chi connectivity index (χ2n) is 3.32. The van der Waals surface area contributed by atoms with Gasteiger partial charge >= 0.3 is 5.97 Å². The average molecular weight is 299 g/mol. The molecule has 0 spiro atoms. The van der Waals surface area contributed by atoms with Crippen LogP contribution in [0, 0.1) is 5.92 Å². The van der Waals surface area contributed by atoms with Gasteiger partial charge in [0, 0.05) is 4.55 Å². The molecule has 0 amide bonds. The summed E-state index contributed by atoms with van der Waals surface area (Å²) in [6.45, 7) is 6.54. The van der Waals surface area contributed by atoms with Gasteiger partial charge in [0.2, 0.25) is 0 Å². The maximum atomic E-state index is 11.4. The van der Waals surface area contributed by atoms with Crippen molar-refractivity contribution < 1.29 is 9.53 Å². The van der Waals surface area contributed by atoms with Gasteiger partial charge in [-0.15, -0.1) is 0 Å². The zero-order chi connectivity index (χ0) is 10.3. The van der Waals surface area contributed by atoms with Crippen LogP contribution in [0.15, 0.2) is 0 Å². The molecule has 0 aromatic rings. The number of ether oxygens (including phenoxy) is 1. The van der Waals surface area contributed by atoms with Gasteiger partial charge in [-0.2, -0.15) is 0 Å². The Morgan fingerprint density at radius 1 is 1.54 bits per heavy atom. The van der Waals surface area contributed by atoms with Gasteiger partial charge in [-0.3, -0.25) is 10.1 Å². The molecule has 0 aliphatic heterocycles. The third-order valence-corrected chi connectivity index (χ3v) is 2.02. The van der Waals surface area contributed by atoms with E-state index >= 15 is 0 Å². The first-order valence-electron chi connectivity index (χ1n) is 4.57. The van der Waals surface area contributed by atoms with E-state index < -0.39 is 0 Å². The largest absolute Gasteiger partial charge is 0.464 e. The lowest BCUT2D eigenvalue weighted by molar-refractivity contribution is -0.147. The molecule has 0 heterocycles. The van der Waals surface area contributed by atoms with Crippen molar-refractivity contribution in [1.29, 1.82) is 0 Å². The summed E-state index contributed by atoms with van der Waals surface area (Å²) in [7, 11) is 0.